The summed E-state index contributed by atoms with van der Waals surface area (Å²) in [6.07, 6.45) is -0.155. The molecule has 0 fully saturated rings. The maximum absolute atomic E-state index is 10.7. The summed E-state index contributed by atoms with van der Waals surface area (Å²) in [5, 5.41) is 27.4. The van der Waals surface area contributed by atoms with Crippen LogP contribution < -0.4 is 4.74 Å². The molecule has 1 aliphatic rings. The molecule has 0 bridgehead atoms. The zero-order chi connectivity index (χ0) is 11.0. The molecular formula is C10H10O5. The predicted molar refractivity (Wildman–Crippen MR) is 50.1 cm³/mol. The first-order valence-corrected chi connectivity index (χ1v) is 4.52. The van der Waals surface area contributed by atoms with Crippen LogP contribution in [-0.4, -0.2) is 27.4 Å². The quantitative estimate of drug-likeness (QED) is 0.640. The first kappa shape index (κ1) is 9.64. The van der Waals surface area contributed by atoms with Crippen molar-refractivity contribution >= 4 is 5.97 Å². The number of carboxylic acids is 1. The van der Waals surface area contributed by atoms with Crippen molar-refractivity contribution in [1.82, 2.24) is 0 Å². The van der Waals surface area contributed by atoms with Gasteiger partial charge in [0, 0.05) is 17.7 Å². The van der Waals surface area contributed by atoms with E-state index < -0.39 is 12.1 Å². The van der Waals surface area contributed by atoms with Gasteiger partial charge < -0.3 is 20.1 Å². The maximum Gasteiger partial charge on any atom is 0.344 e. The monoisotopic (exact) mass is 210 g/mol. The van der Waals surface area contributed by atoms with Crippen molar-refractivity contribution in [1.29, 1.82) is 0 Å². The highest BCUT2D eigenvalue weighted by atomic mass is 16.5. The number of benzene rings is 1. The number of fused-ring (bicyclic) bond motifs is 1. The average molecular weight is 210 g/mol. The Bertz CT molecular complexity index is 413. The Morgan fingerprint density at radius 3 is 2.80 bits per heavy atom. The van der Waals surface area contributed by atoms with Crippen molar-refractivity contribution in [3.63, 3.8) is 0 Å². The van der Waals surface area contributed by atoms with Gasteiger partial charge >= 0.3 is 5.97 Å². The number of carbonyl (C=O) groups is 1. The molecule has 1 aromatic carbocycles. The van der Waals surface area contributed by atoms with Crippen LogP contribution in [0.4, 0.5) is 0 Å². The molecule has 0 saturated carbocycles. The minimum absolute atomic E-state index is 0.0613. The molecule has 1 aliphatic heterocycles. The van der Waals surface area contributed by atoms with Crippen molar-refractivity contribution in [3.8, 4) is 17.2 Å². The van der Waals surface area contributed by atoms with E-state index in [0.717, 1.165) is 0 Å². The van der Waals surface area contributed by atoms with Crippen LogP contribution in [0.5, 0.6) is 17.2 Å². The lowest BCUT2D eigenvalue weighted by molar-refractivity contribution is -0.145. The van der Waals surface area contributed by atoms with Gasteiger partial charge in [-0.2, -0.15) is 0 Å². The molecule has 1 heterocycles. The molecule has 15 heavy (non-hydrogen) atoms. The summed E-state index contributed by atoms with van der Waals surface area (Å²) >= 11 is 0. The molecule has 0 spiro atoms. The van der Waals surface area contributed by atoms with Crippen LogP contribution in [0.2, 0.25) is 0 Å². The van der Waals surface area contributed by atoms with E-state index in [1.807, 2.05) is 0 Å². The molecule has 1 atom stereocenters. The van der Waals surface area contributed by atoms with Crippen LogP contribution in [0.25, 0.3) is 0 Å². The second kappa shape index (κ2) is 3.34. The molecule has 0 aromatic heterocycles. The van der Waals surface area contributed by atoms with Gasteiger partial charge in [-0.05, 0) is 12.8 Å². The highest BCUT2D eigenvalue weighted by Crippen LogP contribution is 2.37. The average Bonchev–Trinajstić information content (AvgIpc) is 2.16. The predicted octanol–water partition coefficient (Wildman–Crippen LogP) is 0.876. The normalized spacial score (nSPS) is 19.1. The Morgan fingerprint density at radius 2 is 2.13 bits per heavy atom. The van der Waals surface area contributed by atoms with E-state index >= 15 is 0 Å². The van der Waals surface area contributed by atoms with E-state index in [-0.39, 0.29) is 17.2 Å². The molecule has 80 valence electrons. The van der Waals surface area contributed by atoms with Crippen molar-refractivity contribution in [2.45, 2.75) is 18.9 Å². The highest BCUT2D eigenvalue weighted by Gasteiger charge is 2.27. The number of aliphatic carboxylic acids is 1. The zero-order valence-corrected chi connectivity index (χ0v) is 7.80. The van der Waals surface area contributed by atoms with Gasteiger partial charge in [0.25, 0.3) is 0 Å². The van der Waals surface area contributed by atoms with Crippen molar-refractivity contribution in [2.24, 2.45) is 0 Å². The molecule has 0 saturated heterocycles. The summed E-state index contributed by atoms with van der Waals surface area (Å²) in [6, 6.07) is 2.52. The second-order valence-corrected chi connectivity index (χ2v) is 3.42. The fourth-order valence-electron chi connectivity index (χ4n) is 1.63. The summed E-state index contributed by atoms with van der Waals surface area (Å²) in [5.41, 5.74) is 0.547. The van der Waals surface area contributed by atoms with Crippen LogP contribution in [0.15, 0.2) is 12.1 Å². The summed E-state index contributed by atoms with van der Waals surface area (Å²) in [4.78, 5) is 10.7. The lowest BCUT2D eigenvalue weighted by atomic mass is 10.0. The molecule has 0 amide bonds. The molecule has 0 aliphatic carbocycles. The number of phenols is 2. The third-order valence-corrected chi connectivity index (χ3v) is 2.37. The minimum atomic E-state index is -1.04. The Kier molecular flexibility index (Phi) is 2.15. The number of ether oxygens (including phenoxy) is 1. The van der Waals surface area contributed by atoms with E-state index in [1.54, 1.807) is 0 Å². The van der Waals surface area contributed by atoms with Gasteiger partial charge in [0.2, 0.25) is 0 Å². The minimum Gasteiger partial charge on any atom is -0.508 e. The van der Waals surface area contributed by atoms with Crippen LogP contribution in [0, 0.1) is 0 Å². The lowest BCUT2D eigenvalue weighted by Gasteiger charge is -2.23. The first-order valence-electron chi connectivity index (χ1n) is 4.52. The van der Waals surface area contributed by atoms with Crippen LogP contribution in [0.1, 0.15) is 12.0 Å². The molecule has 1 aromatic rings. The van der Waals surface area contributed by atoms with Crippen molar-refractivity contribution < 1.29 is 24.9 Å². The topological polar surface area (TPSA) is 87.0 Å². The summed E-state index contributed by atoms with van der Waals surface area (Å²) in [6.45, 7) is 0. The van der Waals surface area contributed by atoms with Gasteiger partial charge in [-0.1, -0.05) is 0 Å². The van der Waals surface area contributed by atoms with Gasteiger partial charge in [0.1, 0.15) is 17.2 Å². The number of carboxylic acid groups (broad SMARTS) is 1. The molecule has 3 N–H and O–H groups in total. The van der Waals surface area contributed by atoms with Crippen molar-refractivity contribution in [2.75, 3.05) is 0 Å². The molecule has 1 unspecified atom stereocenters. The molecule has 5 nitrogen and oxygen atoms in total. The van der Waals surface area contributed by atoms with Crippen LogP contribution in [0.3, 0.4) is 0 Å². The molecule has 0 radical (unpaired) electrons. The second-order valence-electron chi connectivity index (χ2n) is 3.42. The van der Waals surface area contributed by atoms with Crippen molar-refractivity contribution in [3.05, 3.63) is 17.7 Å². The summed E-state index contributed by atoms with van der Waals surface area (Å²) < 4.78 is 5.14. The number of aromatic hydroxyl groups is 2. The standard InChI is InChI=1S/C10H10O5/c11-5-3-7(12)6-1-2-8(10(13)14)15-9(6)4-5/h3-4,8,11-12H,1-2H2,(H,13,14). The fraction of sp³-hybridized carbons (Fsp3) is 0.300. The number of hydrogen-bond acceptors (Lipinski definition) is 4. The van der Waals surface area contributed by atoms with E-state index in [4.69, 9.17) is 9.84 Å². The third-order valence-electron chi connectivity index (χ3n) is 2.37. The summed E-state index contributed by atoms with van der Waals surface area (Å²) in [5.74, 6) is -0.999. The largest absolute Gasteiger partial charge is 0.508 e. The number of phenolic OH excluding ortho intramolecular Hbond substituents is 2. The van der Waals surface area contributed by atoms with E-state index in [2.05, 4.69) is 0 Å². The molecule has 2 rings (SSSR count). The Balaban J connectivity index is 2.37. The van der Waals surface area contributed by atoms with E-state index in [9.17, 15) is 15.0 Å². The Labute approximate surface area is 85.5 Å². The van der Waals surface area contributed by atoms with Crippen LogP contribution >= 0.6 is 0 Å². The smallest absolute Gasteiger partial charge is 0.344 e. The Hall–Kier alpha value is -1.91. The van der Waals surface area contributed by atoms with Crippen LogP contribution in [-0.2, 0) is 11.2 Å². The third kappa shape index (κ3) is 1.68. The number of rotatable bonds is 1. The Morgan fingerprint density at radius 1 is 1.40 bits per heavy atom. The van der Waals surface area contributed by atoms with E-state index in [1.165, 1.54) is 12.1 Å². The van der Waals surface area contributed by atoms with Gasteiger partial charge in [0.15, 0.2) is 6.10 Å². The van der Waals surface area contributed by atoms with E-state index in [0.29, 0.717) is 18.4 Å². The molecular weight excluding hydrogens is 200 g/mol. The SMILES string of the molecule is O=C(O)C1CCc2c(O)cc(O)cc2O1. The first-order chi connectivity index (χ1) is 7.08. The molecule has 5 heteroatoms. The highest BCUT2D eigenvalue weighted by molar-refractivity contribution is 5.73. The number of hydrogen-bond donors (Lipinski definition) is 3. The zero-order valence-electron chi connectivity index (χ0n) is 7.80. The van der Waals surface area contributed by atoms with Gasteiger partial charge in [0.05, 0.1) is 0 Å². The maximum atomic E-state index is 10.7. The lowest BCUT2D eigenvalue weighted by Crippen LogP contribution is -2.30. The summed E-state index contributed by atoms with van der Waals surface area (Å²) in [7, 11) is 0. The van der Waals surface area contributed by atoms with Gasteiger partial charge in [-0.15, -0.1) is 0 Å². The van der Waals surface area contributed by atoms with Gasteiger partial charge in [-0.3, -0.25) is 0 Å². The van der Waals surface area contributed by atoms with Gasteiger partial charge in [-0.25, -0.2) is 4.79 Å². The fourth-order valence-corrected chi connectivity index (χ4v) is 1.63.